The molecule has 0 fully saturated rings. The third-order valence-electron chi connectivity index (χ3n) is 4.30. The minimum Gasteiger partial charge on any atom is -0.283 e. The number of nitrogens with zero attached hydrogens (tertiary/aromatic N) is 5. The first-order chi connectivity index (χ1) is 13.4. The number of hydrazone groups is 1. The van der Waals surface area contributed by atoms with E-state index >= 15 is 0 Å². The molecule has 1 aromatic rings. The van der Waals surface area contributed by atoms with E-state index in [0.29, 0.717) is 6.07 Å². The largest absolute Gasteiger partial charge is 0.431 e. The molecular formula is C17H14F6N6. The number of aliphatic imine (C=N–C) groups is 1. The molecule has 1 atom stereocenters. The van der Waals surface area contributed by atoms with E-state index in [9.17, 15) is 26.3 Å². The van der Waals surface area contributed by atoms with Crippen molar-refractivity contribution in [2.75, 3.05) is 6.54 Å². The zero-order valence-corrected chi connectivity index (χ0v) is 15.2. The van der Waals surface area contributed by atoms with Gasteiger partial charge in [0.05, 0.1) is 22.9 Å². The highest BCUT2D eigenvalue weighted by atomic mass is 19.4. The third kappa shape index (κ3) is 4.42. The summed E-state index contributed by atoms with van der Waals surface area (Å²) in [7, 11) is 0. The van der Waals surface area contributed by atoms with Crippen molar-refractivity contribution in [3.63, 3.8) is 0 Å². The number of alkyl halides is 6. The molecule has 0 radical (unpaired) electrons. The van der Waals surface area contributed by atoms with E-state index < -0.39 is 41.2 Å². The number of hydrogen-bond donors (Lipinski definition) is 1. The van der Waals surface area contributed by atoms with Gasteiger partial charge in [0.1, 0.15) is 17.1 Å². The molecule has 1 heterocycles. The van der Waals surface area contributed by atoms with Crippen molar-refractivity contribution in [1.82, 2.24) is 10.3 Å². The van der Waals surface area contributed by atoms with Gasteiger partial charge in [0.25, 0.3) is 0 Å². The number of nitriles is 2. The molecule has 1 aromatic carbocycles. The van der Waals surface area contributed by atoms with Gasteiger partial charge in [-0.1, -0.05) is 0 Å². The van der Waals surface area contributed by atoms with Crippen molar-refractivity contribution in [3.8, 4) is 12.3 Å². The maximum absolute atomic E-state index is 13.2. The number of rotatable bonds is 3. The lowest BCUT2D eigenvalue weighted by Crippen LogP contribution is -2.52. The van der Waals surface area contributed by atoms with Crippen LogP contribution < -0.4 is 5.32 Å². The lowest BCUT2D eigenvalue weighted by molar-refractivity contribution is -0.137. The van der Waals surface area contributed by atoms with Crippen LogP contribution in [-0.4, -0.2) is 34.8 Å². The summed E-state index contributed by atoms with van der Waals surface area (Å²) in [5.41, 5.74) is -4.79. The average Bonchev–Trinajstić information content (AvgIpc) is 2.99. The highest BCUT2D eigenvalue weighted by molar-refractivity contribution is 6.02. The van der Waals surface area contributed by atoms with E-state index in [-0.39, 0.29) is 18.1 Å². The molecule has 6 nitrogen and oxygen atoms in total. The maximum atomic E-state index is 13.2. The van der Waals surface area contributed by atoms with Crippen LogP contribution in [-0.2, 0) is 6.18 Å². The Morgan fingerprint density at radius 2 is 1.90 bits per heavy atom. The Kier molecular flexibility index (Phi) is 5.79. The Morgan fingerprint density at radius 3 is 2.38 bits per heavy atom. The predicted molar refractivity (Wildman–Crippen MR) is 90.9 cm³/mol. The first-order valence-corrected chi connectivity index (χ1v) is 8.14. The Bertz CT molecular complexity index is 934. The Hall–Kier alpha value is -3.28. The molecule has 0 saturated carbocycles. The van der Waals surface area contributed by atoms with Crippen molar-refractivity contribution >= 4 is 17.2 Å². The summed E-state index contributed by atoms with van der Waals surface area (Å²) >= 11 is 0. The van der Waals surface area contributed by atoms with E-state index in [1.165, 1.54) is 19.9 Å². The van der Waals surface area contributed by atoms with Gasteiger partial charge in [0.15, 0.2) is 6.19 Å². The highest BCUT2D eigenvalue weighted by Crippen LogP contribution is 2.37. The molecule has 0 amide bonds. The number of nitrogens with one attached hydrogen (secondary N) is 1. The first-order valence-electron chi connectivity index (χ1n) is 8.14. The van der Waals surface area contributed by atoms with Gasteiger partial charge < -0.3 is 0 Å². The third-order valence-corrected chi connectivity index (χ3v) is 4.30. The fourth-order valence-corrected chi connectivity index (χ4v) is 2.89. The summed E-state index contributed by atoms with van der Waals surface area (Å²) in [6.45, 7) is 2.91. The van der Waals surface area contributed by atoms with Gasteiger partial charge in [-0.25, -0.2) is 4.99 Å². The molecule has 1 N–H and O–H groups in total. The van der Waals surface area contributed by atoms with Gasteiger partial charge in [-0.05, 0) is 32.0 Å². The number of amidine groups is 1. The number of benzene rings is 1. The molecule has 0 aromatic heterocycles. The molecule has 1 unspecified atom stereocenters. The SMILES string of the molecule is CCN1N=C(C(F)(F)F)CC1(C)C(=Nc1ccc(C#N)c(C(F)(F)F)c1)NC#N. The molecule has 0 aliphatic carbocycles. The monoisotopic (exact) mass is 416 g/mol. The molecule has 2 rings (SSSR count). The summed E-state index contributed by atoms with van der Waals surface area (Å²) in [5.74, 6) is -0.303. The molecule has 154 valence electrons. The summed E-state index contributed by atoms with van der Waals surface area (Å²) in [5, 5.41) is 24.6. The van der Waals surface area contributed by atoms with Crippen LogP contribution in [0.3, 0.4) is 0 Å². The van der Waals surface area contributed by atoms with E-state index in [0.717, 1.165) is 17.1 Å². The summed E-state index contributed by atoms with van der Waals surface area (Å²) in [6.07, 6.45) is -8.65. The summed E-state index contributed by atoms with van der Waals surface area (Å²) < 4.78 is 78.8. The fourth-order valence-electron chi connectivity index (χ4n) is 2.89. The smallest absolute Gasteiger partial charge is 0.283 e. The average molecular weight is 416 g/mol. The van der Waals surface area contributed by atoms with Gasteiger partial charge in [0.2, 0.25) is 0 Å². The van der Waals surface area contributed by atoms with Crippen molar-refractivity contribution in [3.05, 3.63) is 29.3 Å². The first kappa shape index (κ1) is 22.0. The number of hydrogen-bond acceptors (Lipinski definition) is 5. The predicted octanol–water partition coefficient (Wildman–Crippen LogP) is 4.08. The molecule has 0 bridgehead atoms. The maximum Gasteiger partial charge on any atom is 0.431 e. The minimum atomic E-state index is -4.83. The number of likely N-dealkylation sites (N-methyl/N-ethyl adjacent to an activating group) is 1. The van der Waals surface area contributed by atoms with E-state index in [4.69, 9.17) is 10.5 Å². The normalized spacial score (nSPS) is 20.1. The van der Waals surface area contributed by atoms with E-state index in [1.807, 2.05) is 0 Å². The van der Waals surface area contributed by atoms with Crippen molar-refractivity contribution in [2.24, 2.45) is 10.1 Å². The molecular weight excluding hydrogens is 402 g/mol. The second-order valence-electron chi connectivity index (χ2n) is 6.25. The van der Waals surface area contributed by atoms with Gasteiger partial charge in [-0.2, -0.15) is 42.0 Å². The van der Waals surface area contributed by atoms with Crippen LogP contribution >= 0.6 is 0 Å². The Balaban J connectivity index is 2.57. The van der Waals surface area contributed by atoms with Crippen molar-refractivity contribution in [2.45, 2.75) is 38.2 Å². The van der Waals surface area contributed by atoms with E-state index in [1.54, 1.807) is 6.19 Å². The van der Waals surface area contributed by atoms with Gasteiger partial charge in [-0.15, -0.1) is 0 Å². The molecule has 1 aliphatic heterocycles. The molecule has 12 heteroatoms. The summed E-state index contributed by atoms with van der Waals surface area (Å²) in [4.78, 5) is 3.96. The van der Waals surface area contributed by atoms with Gasteiger partial charge in [-0.3, -0.25) is 10.3 Å². The fraction of sp³-hybridized carbons (Fsp3) is 0.412. The minimum absolute atomic E-state index is 0.0311. The van der Waals surface area contributed by atoms with E-state index in [2.05, 4.69) is 15.4 Å². The number of halogens is 6. The molecule has 0 spiro atoms. The topological polar surface area (TPSA) is 87.6 Å². The zero-order chi connectivity index (χ0) is 22.0. The standard InChI is InChI=1S/C17H14F6N6/c1-3-29-15(2,7-13(28-29)17(21,22)23)14(26-9-25)27-11-5-4-10(8-24)12(6-11)16(18,19)20/h4-6H,3,7H2,1-2H3,(H,26,27). The molecule has 0 saturated heterocycles. The van der Waals surface area contributed by atoms with Crippen LogP contribution in [0.5, 0.6) is 0 Å². The van der Waals surface area contributed by atoms with Crippen molar-refractivity contribution in [1.29, 1.82) is 10.5 Å². The van der Waals surface area contributed by atoms with Crippen molar-refractivity contribution < 1.29 is 26.3 Å². The van der Waals surface area contributed by atoms with Crippen LogP contribution in [0.25, 0.3) is 0 Å². The van der Waals surface area contributed by atoms with Crippen LogP contribution in [0.2, 0.25) is 0 Å². The molecule has 1 aliphatic rings. The Morgan fingerprint density at radius 1 is 1.24 bits per heavy atom. The van der Waals surface area contributed by atoms with Crippen LogP contribution in [0, 0.1) is 22.8 Å². The summed E-state index contributed by atoms with van der Waals surface area (Å²) in [6, 6.07) is 4.02. The van der Waals surface area contributed by atoms with Crippen LogP contribution in [0.4, 0.5) is 32.0 Å². The quantitative estimate of drug-likeness (QED) is 0.264. The van der Waals surface area contributed by atoms with Gasteiger partial charge in [0, 0.05) is 13.0 Å². The highest BCUT2D eigenvalue weighted by Gasteiger charge is 2.50. The lowest BCUT2D eigenvalue weighted by atomic mass is 9.93. The lowest BCUT2D eigenvalue weighted by Gasteiger charge is -2.33. The zero-order valence-electron chi connectivity index (χ0n) is 15.2. The second kappa shape index (κ2) is 7.62. The van der Waals surface area contributed by atoms with Crippen LogP contribution in [0.1, 0.15) is 31.4 Å². The van der Waals surface area contributed by atoms with Crippen LogP contribution in [0.15, 0.2) is 28.3 Å². The van der Waals surface area contributed by atoms with Gasteiger partial charge >= 0.3 is 12.4 Å². The second-order valence-corrected chi connectivity index (χ2v) is 6.25. The molecule has 29 heavy (non-hydrogen) atoms. The Labute approximate surface area is 161 Å².